The Kier molecular flexibility index (Phi) is 7.48. The molecule has 0 amide bonds. The number of hydrogen-bond acceptors (Lipinski definition) is 2. The number of carboxylic acid groups (broad SMARTS) is 1. The molecule has 0 radical (unpaired) electrons. The summed E-state index contributed by atoms with van der Waals surface area (Å²) in [6, 6.07) is -0.668. The summed E-state index contributed by atoms with van der Waals surface area (Å²) in [6.45, 7) is 4.45. The van der Waals surface area contributed by atoms with Gasteiger partial charge in [-0.1, -0.05) is 46.0 Å². The van der Waals surface area contributed by atoms with E-state index in [1.165, 1.54) is 19.3 Å². The summed E-state index contributed by atoms with van der Waals surface area (Å²) < 4.78 is 0. The van der Waals surface area contributed by atoms with Gasteiger partial charge in [0.25, 0.3) is 0 Å². The predicted molar refractivity (Wildman–Crippen MR) is 58.2 cm³/mol. The van der Waals surface area contributed by atoms with Crippen molar-refractivity contribution in [1.29, 1.82) is 0 Å². The summed E-state index contributed by atoms with van der Waals surface area (Å²) in [7, 11) is 0. The second kappa shape index (κ2) is 7.80. The molecule has 0 aromatic heterocycles. The fraction of sp³-hybridized carbons (Fsp3) is 0.909. The number of unbranched alkanes of at least 4 members (excludes halogenated alkanes) is 2. The van der Waals surface area contributed by atoms with Crippen molar-refractivity contribution in [3.05, 3.63) is 0 Å². The highest BCUT2D eigenvalue weighted by Gasteiger charge is 2.09. The predicted octanol–water partition coefficient (Wildman–Crippen LogP) is 2.39. The number of carboxylic acids is 1. The number of nitrogens with two attached hydrogens (primary N) is 1. The van der Waals surface area contributed by atoms with Gasteiger partial charge in [-0.3, -0.25) is 4.79 Å². The Balaban J connectivity index is 3.25. The zero-order valence-corrected chi connectivity index (χ0v) is 9.33. The van der Waals surface area contributed by atoms with Gasteiger partial charge in [0.15, 0.2) is 0 Å². The third kappa shape index (κ3) is 6.89. The molecule has 0 fully saturated rings. The van der Waals surface area contributed by atoms with Crippen LogP contribution in [0, 0.1) is 5.92 Å². The average Bonchev–Trinajstić information content (AvgIpc) is 2.16. The van der Waals surface area contributed by atoms with Crippen LogP contribution in [0.25, 0.3) is 0 Å². The molecule has 14 heavy (non-hydrogen) atoms. The Labute approximate surface area is 86.7 Å². The standard InChI is InChI=1S/C11H23NO2/c1-3-9(2)7-5-4-6-8-10(12)11(13)14/h9-10H,3-8,12H2,1-2H3,(H,13,14). The second-order valence-electron chi connectivity index (χ2n) is 4.10. The van der Waals surface area contributed by atoms with Crippen molar-refractivity contribution in [2.45, 2.75) is 58.4 Å². The summed E-state index contributed by atoms with van der Waals surface area (Å²) in [5.41, 5.74) is 5.39. The smallest absolute Gasteiger partial charge is 0.320 e. The molecule has 0 saturated heterocycles. The van der Waals surface area contributed by atoms with Gasteiger partial charge in [0.05, 0.1) is 0 Å². The van der Waals surface area contributed by atoms with Crippen molar-refractivity contribution in [2.24, 2.45) is 11.7 Å². The van der Waals surface area contributed by atoms with Crippen LogP contribution in [0.15, 0.2) is 0 Å². The normalized spacial score (nSPS) is 15.1. The van der Waals surface area contributed by atoms with Gasteiger partial charge in [-0.15, -0.1) is 0 Å². The molecule has 0 heterocycles. The summed E-state index contributed by atoms with van der Waals surface area (Å²) in [5, 5.41) is 8.54. The lowest BCUT2D eigenvalue weighted by Crippen LogP contribution is -2.29. The van der Waals surface area contributed by atoms with Crippen molar-refractivity contribution in [2.75, 3.05) is 0 Å². The number of rotatable bonds is 8. The SMILES string of the molecule is CCC(C)CCCCCC(N)C(=O)O. The minimum absolute atomic E-state index is 0.607. The summed E-state index contributed by atoms with van der Waals surface area (Å²) in [4.78, 5) is 10.4. The molecule has 3 heteroatoms. The number of aliphatic carboxylic acids is 1. The van der Waals surface area contributed by atoms with Gasteiger partial charge < -0.3 is 10.8 Å². The summed E-state index contributed by atoms with van der Waals surface area (Å²) in [5.74, 6) is -0.0879. The largest absolute Gasteiger partial charge is 0.480 e. The monoisotopic (exact) mass is 201 g/mol. The third-order valence-corrected chi connectivity index (χ3v) is 2.73. The molecular weight excluding hydrogens is 178 g/mol. The van der Waals surface area contributed by atoms with Crippen LogP contribution in [0.5, 0.6) is 0 Å². The van der Waals surface area contributed by atoms with E-state index in [-0.39, 0.29) is 0 Å². The first-order valence-corrected chi connectivity index (χ1v) is 5.56. The van der Waals surface area contributed by atoms with E-state index in [9.17, 15) is 4.79 Å². The molecular formula is C11H23NO2. The maximum absolute atomic E-state index is 10.4. The first-order valence-electron chi connectivity index (χ1n) is 5.56. The van der Waals surface area contributed by atoms with Gasteiger partial charge in [0.1, 0.15) is 6.04 Å². The van der Waals surface area contributed by atoms with E-state index in [4.69, 9.17) is 10.8 Å². The van der Waals surface area contributed by atoms with Crippen LogP contribution < -0.4 is 5.73 Å². The van der Waals surface area contributed by atoms with E-state index in [0.717, 1.165) is 18.8 Å². The Morgan fingerprint density at radius 3 is 2.36 bits per heavy atom. The molecule has 0 aliphatic rings. The quantitative estimate of drug-likeness (QED) is 0.593. The highest BCUT2D eigenvalue weighted by atomic mass is 16.4. The fourth-order valence-corrected chi connectivity index (χ4v) is 1.36. The molecule has 84 valence electrons. The lowest BCUT2D eigenvalue weighted by atomic mass is 9.99. The van der Waals surface area contributed by atoms with E-state index in [1.54, 1.807) is 0 Å². The molecule has 2 atom stereocenters. The zero-order valence-electron chi connectivity index (χ0n) is 9.33. The van der Waals surface area contributed by atoms with Gasteiger partial charge in [-0.25, -0.2) is 0 Å². The van der Waals surface area contributed by atoms with Crippen LogP contribution in [0.2, 0.25) is 0 Å². The van der Waals surface area contributed by atoms with Gasteiger partial charge in [-0.05, 0) is 12.3 Å². The molecule has 2 unspecified atom stereocenters. The Morgan fingerprint density at radius 1 is 1.29 bits per heavy atom. The molecule has 0 spiro atoms. The van der Waals surface area contributed by atoms with E-state index >= 15 is 0 Å². The maximum Gasteiger partial charge on any atom is 0.320 e. The van der Waals surface area contributed by atoms with E-state index in [1.807, 2.05) is 0 Å². The number of hydrogen-bond donors (Lipinski definition) is 2. The molecule has 3 nitrogen and oxygen atoms in total. The van der Waals surface area contributed by atoms with Crippen molar-refractivity contribution < 1.29 is 9.90 Å². The van der Waals surface area contributed by atoms with Gasteiger partial charge in [0.2, 0.25) is 0 Å². The molecule has 3 N–H and O–H groups in total. The Morgan fingerprint density at radius 2 is 1.86 bits per heavy atom. The van der Waals surface area contributed by atoms with Gasteiger partial charge in [-0.2, -0.15) is 0 Å². The van der Waals surface area contributed by atoms with Crippen molar-refractivity contribution in [3.63, 3.8) is 0 Å². The molecule has 0 rings (SSSR count). The topological polar surface area (TPSA) is 63.3 Å². The third-order valence-electron chi connectivity index (χ3n) is 2.73. The molecule has 0 aromatic carbocycles. The second-order valence-corrected chi connectivity index (χ2v) is 4.10. The fourth-order valence-electron chi connectivity index (χ4n) is 1.36. The maximum atomic E-state index is 10.4. The van der Waals surface area contributed by atoms with Gasteiger partial charge >= 0.3 is 5.97 Å². The Bertz CT molecular complexity index is 159. The molecule has 0 aliphatic carbocycles. The molecule has 0 bridgehead atoms. The molecule has 0 aliphatic heterocycles. The minimum atomic E-state index is -0.882. The summed E-state index contributed by atoms with van der Waals surface area (Å²) >= 11 is 0. The first-order chi connectivity index (χ1) is 6.57. The van der Waals surface area contributed by atoms with Crippen LogP contribution in [-0.4, -0.2) is 17.1 Å². The molecule has 0 aromatic rings. The van der Waals surface area contributed by atoms with Crippen LogP contribution in [0.3, 0.4) is 0 Å². The van der Waals surface area contributed by atoms with Crippen LogP contribution in [-0.2, 0) is 4.79 Å². The van der Waals surface area contributed by atoms with E-state index < -0.39 is 12.0 Å². The average molecular weight is 201 g/mol. The minimum Gasteiger partial charge on any atom is -0.480 e. The van der Waals surface area contributed by atoms with Crippen molar-refractivity contribution in [3.8, 4) is 0 Å². The highest BCUT2D eigenvalue weighted by Crippen LogP contribution is 2.13. The highest BCUT2D eigenvalue weighted by molar-refractivity contribution is 5.72. The molecule has 0 saturated carbocycles. The van der Waals surface area contributed by atoms with Gasteiger partial charge in [0, 0.05) is 0 Å². The van der Waals surface area contributed by atoms with Crippen LogP contribution in [0.4, 0.5) is 0 Å². The van der Waals surface area contributed by atoms with Crippen LogP contribution in [0.1, 0.15) is 52.4 Å². The lowest BCUT2D eigenvalue weighted by Gasteiger charge is -2.08. The number of carbonyl (C=O) groups is 1. The van der Waals surface area contributed by atoms with Crippen molar-refractivity contribution in [1.82, 2.24) is 0 Å². The van der Waals surface area contributed by atoms with Crippen LogP contribution >= 0.6 is 0 Å². The Hall–Kier alpha value is -0.570. The van der Waals surface area contributed by atoms with E-state index in [2.05, 4.69) is 13.8 Å². The lowest BCUT2D eigenvalue weighted by molar-refractivity contribution is -0.138. The summed E-state index contributed by atoms with van der Waals surface area (Å²) in [6.07, 6.45) is 6.32. The van der Waals surface area contributed by atoms with Crippen molar-refractivity contribution >= 4 is 5.97 Å². The first kappa shape index (κ1) is 13.4. The zero-order chi connectivity index (χ0) is 11.0. The van der Waals surface area contributed by atoms with E-state index in [0.29, 0.717) is 6.42 Å².